The monoisotopic (exact) mass is 400 g/mol. The minimum Gasteiger partial charge on any atom is -0.463 e. The topological polar surface area (TPSA) is 44.8 Å². The number of hydrogen-bond donors (Lipinski definition) is 0. The number of ether oxygens (including phenoxy) is 3. The predicted octanol–water partition coefficient (Wildman–Crippen LogP) is 6.84. The van der Waals surface area contributed by atoms with Crippen molar-refractivity contribution in [1.29, 1.82) is 0 Å². The Labute approximate surface area is 175 Å². The molecule has 0 saturated carbocycles. The lowest BCUT2D eigenvalue weighted by atomic mass is 10.1. The molecule has 0 aliphatic heterocycles. The van der Waals surface area contributed by atoms with Gasteiger partial charge in [-0.1, -0.05) is 97.3 Å². The zero-order valence-electron chi connectivity index (χ0n) is 19.0. The highest BCUT2D eigenvalue weighted by molar-refractivity contribution is 5.69. The Kier molecular flexibility index (Phi) is 23.9. The second-order valence-electron chi connectivity index (χ2n) is 7.79. The third kappa shape index (κ3) is 23.4. The summed E-state index contributed by atoms with van der Waals surface area (Å²) in [4.78, 5) is 11.5. The molecule has 0 fully saturated rings. The van der Waals surface area contributed by atoms with Crippen LogP contribution in [0.4, 0.5) is 0 Å². The van der Waals surface area contributed by atoms with Crippen LogP contribution >= 0.6 is 0 Å². The number of rotatable bonds is 23. The van der Waals surface area contributed by atoms with E-state index >= 15 is 0 Å². The van der Waals surface area contributed by atoms with Crippen LogP contribution in [0.2, 0.25) is 0 Å². The quantitative estimate of drug-likeness (QED) is 0.139. The molecule has 28 heavy (non-hydrogen) atoms. The summed E-state index contributed by atoms with van der Waals surface area (Å²) in [5.41, 5.74) is 0. The zero-order valence-corrected chi connectivity index (χ0v) is 19.0. The molecule has 0 aromatic heterocycles. The molecule has 0 radical (unpaired) electrons. The van der Waals surface area contributed by atoms with Gasteiger partial charge in [-0.2, -0.15) is 0 Å². The molecule has 168 valence electrons. The van der Waals surface area contributed by atoms with E-state index in [0.29, 0.717) is 32.8 Å². The van der Waals surface area contributed by atoms with Gasteiger partial charge in [0.2, 0.25) is 0 Å². The summed E-state index contributed by atoms with van der Waals surface area (Å²) >= 11 is 0. The minimum absolute atomic E-state index is 0.0997. The second-order valence-corrected chi connectivity index (χ2v) is 7.79. The SMILES string of the molecule is CCCCCCCCCCCCOCCOCCOC(=O)CCCCCCC. The van der Waals surface area contributed by atoms with E-state index in [1.54, 1.807) is 0 Å². The molecular formula is C24H48O4. The van der Waals surface area contributed by atoms with E-state index in [9.17, 15) is 4.79 Å². The molecule has 0 unspecified atom stereocenters. The van der Waals surface area contributed by atoms with E-state index < -0.39 is 0 Å². The highest BCUT2D eigenvalue weighted by Gasteiger charge is 2.02. The molecule has 0 aromatic carbocycles. The number of carbonyl (C=O) groups is 1. The van der Waals surface area contributed by atoms with Crippen molar-refractivity contribution in [3.8, 4) is 0 Å². The molecule has 0 rings (SSSR count). The number of hydrogen-bond acceptors (Lipinski definition) is 4. The first-order valence-corrected chi connectivity index (χ1v) is 12.1. The molecule has 0 atom stereocenters. The van der Waals surface area contributed by atoms with Crippen LogP contribution in [-0.4, -0.2) is 39.0 Å². The van der Waals surface area contributed by atoms with E-state index in [4.69, 9.17) is 14.2 Å². The van der Waals surface area contributed by atoms with E-state index in [1.807, 2.05) is 0 Å². The average Bonchev–Trinajstić information content (AvgIpc) is 2.70. The fourth-order valence-corrected chi connectivity index (χ4v) is 3.17. The molecule has 0 spiro atoms. The highest BCUT2D eigenvalue weighted by atomic mass is 16.6. The second kappa shape index (κ2) is 24.4. The van der Waals surface area contributed by atoms with E-state index in [2.05, 4.69) is 13.8 Å². The van der Waals surface area contributed by atoms with Gasteiger partial charge in [-0.25, -0.2) is 0 Å². The summed E-state index contributed by atoms with van der Waals surface area (Å²) in [5, 5.41) is 0. The lowest BCUT2D eigenvalue weighted by Gasteiger charge is -2.07. The molecule has 0 amide bonds. The van der Waals surface area contributed by atoms with E-state index in [0.717, 1.165) is 25.9 Å². The standard InChI is InChI=1S/C24H48O4/c1-3-5-7-9-10-11-12-13-15-17-19-26-20-21-27-22-23-28-24(25)18-16-14-8-6-4-2/h3-23H2,1-2H3. The molecule has 0 N–H and O–H groups in total. The Bertz CT molecular complexity index is 307. The molecule has 0 aliphatic rings. The summed E-state index contributed by atoms with van der Waals surface area (Å²) in [6.07, 6.45) is 19.7. The number of esters is 1. The lowest BCUT2D eigenvalue weighted by molar-refractivity contribution is -0.145. The molecule has 0 bridgehead atoms. The van der Waals surface area contributed by atoms with Crippen LogP contribution in [0.1, 0.15) is 117 Å². The van der Waals surface area contributed by atoms with Gasteiger partial charge in [0, 0.05) is 13.0 Å². The summed E-state index contributed by atoms with van der Waals surface area (Å²) in [7, 11) is 0. The van der Waals surface area contributed by atoms with Gasteiger partial charge in [0.25, 0.3) is 0 Å². The number of carbonyl (C=O) groups excluding carboxylic acids is 1. The van der Waals surface area contributed by atoms with Gasteiger partial charge in [0.15, 0.2) is 0 Å². The van der Waals surface area contributed by atoms with E-state index in [-0.39, 0.29) is 5.97 Å². The third-order valence-electron chi connectivity index (χ3n) is 4.99. The van der Waals surface area contributed by atoms with Crippen LogP contribution in [0, 0.1) is 0 Å². The fourth-order valence-electron chi connectivity index (χ4n) is 3.17. The fraction of sp³-hybridized carbons (Fsp3) is 0.958. The van der Waals surface area contributed by atoms with Gasteiger partial charge in [0.05, 0.1) is 19.8 Å². The van der Waals surface area contributed by atoms with Crippen molar-refractivity contribution in [3.63, 3.8) is 0 Å². The largest absolute Gasteiger partial charge is 0.463 e. The molecule has 0 saturated heterocycles. The third-order valence-corrected chi connectivity index (χ3v) is 4.99. The zero-order chi connectivity index (χ0) is 20.5. The van der Waals surface area contributed by atoms with Crippen molar-refractivity contribution in [3.05, 3.63) is 0 Å². The van der Waals surface area contributed by atoms with Crippen molar-refractivity contribution in [2.45, 2.75) is 117 Å². The Morgan fingerprint density at radius 3 is 1.50 bits per heavy atom. The van der Waals surface area contributed by atoms with Crippen LogP contribution in [-0.2, 0) is 19.0 Å². The van der Waals surface area contributed by atoms with Crippen LogP contribution < -0.4 is 0 Å². The maximum Gasteiger partial charge on any atom is 0.305 e. The summed E-state index contributed by atoms with van der Waals surface area (Å²) in [6, 6.07) is 0. The molecule has 4 nitrogen and oxygen atoms in total. The molecular weight excluding hydrogens is 352 g/mol. The van der Waals surface area contributed by atoms with Crippen LogP contribution in [0.15, 0.2) is 0 Å². The van der Waals surface area contributed by atoms with Gasteiger partial charge in [-0.3, -0.25) is 4.79 Å². The Balaban J connectivity index is 3.09. The first kappa shape index (κ1) is 27.4. The van der Waals surface area contributed by atoms with Crippen molar-refractivity contribution in [2.75, 3.05) is 33.0 Å². The Hall–Kier alpha value is -0.610. The Morgan fingerprint density at radius 1 is 0.500 bits per heavy atom. The van der Waals surface area contributed by atoms with Crippen molar-refractivity contribution < 1.29 is 19.0 Å². The van der Waals surface area contributed by atoms with Gasteiger partial charge < -0.3 is 14.2 Å². The predicted molar refractivity (Wildman–Crippen MR) is 118 cm³/mol. The van der Waals surface area contributed by atoms with Crippen molar-refractivity contribution >= 4 is 5.97 Å². The highest BCUT2D eigenvalue weighted by Crippen LogP contribution is 2.10. The van der Waals surface area contributed by atoms with Gasteiger partial charge in [-0.15, -0.1) is 0 Å². The van der Waals surface area contributed by atoms with Crippen LogP contribution in [0.5, 0.6) is 0 Å². The van der Waals surface area contributed by atoms with Crippen LogP contribution in [0.25, 0.3) is 0 Å². The maximum atomic E-state index is 11.5. The normalized spacial score (nSPS) is 11.1. The first-order valence-electron chi connectivity index (χ1n) is 12.1. The molecule has 0 aromatic rings. The first-order chi connectivity index (χ1) is 13.8. The summed E-state index contributed by atoms with van der Waals surface area (Å²) in [6.45, 7) is 7.30. The molecule has 0 heterocycles. The maximum absolute atomic E-state index is 11.5. The lowest BCUT2D eigenvalue weighted by Crippen LogP contribution is -2.13. The Morgan fingerprint density at radius 2 is 0.929 bits per heavy atom. The average molecular weight is 401 g/mol. The van der Waals surface area contributed by atoms with Crippen LogP contribution in [0.3, 0.4) is 0 Å². The van der Waals surface area contributed by atoms with Gasteiger partial charge >= 0.3 is 5.97 Å². The van der Waals surface area contributed by atoms with Crippen molar-refractivity contribution in [1.82, 2.24) is 0 Å². The van der Waals surface area contributed by atoms with Gasteiger partial charge in [0.1, 0.15) is 6.61 Å². The van der Waals surface area contributed by atoms with E-state index in [1.165, 1.54) is 77.0 Å². The van der Waals surface area contributed by atoms with Crippen molar-refractivity contribution in [2.24, 2.45) is 0 Å². The smallest absolute Gasteiger partial charge is 0.305 e. The van der Waals surface area contributed by atoms with Gasteiger partial charge in [-0.05, 0) is 12.8 Å². The summed E-state index contributed by atoms with van der Waals surface area (Å²) < 4.78 is 16.2. The molecule has 0 aliphatic carbocycles. The molecule has 4 heteroatoms. The number of unbranched alkanes of at least 4 members (excludes halogenated alkanes) is 13. The minimum atomic E-state index is -0.0997. The summed E-state index contributed by atoms with van der Waals surface area (Å²) in [5.74, 6) is -0.0997.